The van der Waals surface area contributed by atoms with Gasteiger partial charge in [-0.2, -0.15) is 0 Å². The maximum Gasteiger partial charge on any atom is 0.238 e. The smallest absolute Gasteiger partial charge is 0.238 e. The fraction of sp³-hybridized carbons (Fsp3) is 0.857. The molecule has 120 valence electrons. The van der Waals surface area contributed by atoms with Crippen molar-refractivity contribution in [2.24, 2.45) is 5.41 Å². The molecular weight excluding hydrogens is 292 g/mol. The van der Waals surface area contributed by atoms with Crippen LogP contribution in [0.4, 0.5) is 0 Å². The van der Waals surface area contributed by atoms with Crippen molar-refractivity contribution in [2.75, 3.05) is 31.6 Å². The molecule has 0 aromatic carbocycles. The van der Waals surface area contributed by atoms with E-state index in [1.807, 2.05) is 13.8 Å². The van der Waals surface area contributed by atoms with Crippen molar-refractivity contribution in [3.63, 3.8) is 0 Å². The van der Waals surface area contributed by atoms with Gasteiger partial charge in [0, 0.05) is 26.2 Å². The van der Waals surface area contributed by atoms with Crippen LogP contribution in [0.5, 0.6) is 0 Å². The van der Waals surface area contributed by atoms with Crippen LogP contribution in [0.15, 0.2) is 0 Å². The Morgan fingerprint density at radius 2 is 1.71 bits per heavy atom. The van der Waals surface area contributed by atoms with Gasteiger partial charge in [-0.15, -0.1) is 0 Å². The van der Waals surface area contributed by atoms with E-state index in [4.69, 9.17) is 0 Å². The SMILES string of the molecule is CCN(CC)C(=O)C1(C(=O)N(C)C2CCS(=O)(=O)C2)CC1. The molecule has 0 aromatic heterocycles. The lowest BCUT2D eigenvalue weighted by atomic mass is 10.0. The maximum atomic E-state index is 12.7. The van der Waals surface area contributed by atoms with Crippen LogP contribution in [-0.4, -0.2) is 67.7 Å². The first-order valence-corrected chi connectivity index (χ1v) is 9.36. The number of carbonyl (C=O) groups is 2. The van der Waals surface area contributed by atoms with Crippen molar-refractivity contribution in [3.05, 3.63) is 0 Å². The molecular formula is C14H24N2O4S. The summed E-state index contributed by atoms with van der Waals surface area (Å²) in [6.07, 6.45) is 1.62. The van der Waals surface area contributed by atoms with Gasteiger partial charge in [-0.3, -0.25) is 9.59 Å². The van der Waals surface area contributed by atoms with Gasteiger partial charge in [-0.05, 0) is 33.1 Å². The first-order chi connectivity index (χ1) is 9.77. The van der Waals surface area contributed by atoms with Gasteiger partial charge < -0.3 is 9.80 Å². The Kier molecular flexibility index (Phi) is 4.33. The van der Waals surface area contributed by atoms with Crippen LogP contribution in [-0.2, 0) is 19.4 Å². The second-order valence-electron chi connectivity index (χ2n) is 6.03. The van der Waals surface area contributed by atoms with Crippen molar-refractivity contribution in [1.29, 1.82) is 0 Å². The predicted molar refractivity (Wildman–Crippen MR) is 79.4 cm³/mol. The van der Waals surface area contributed by atoms with E-state index in [0.29, 0.717) is 32.4 Å². The average molecular weight is 316 g/mol. The number of sulfone groups is 1. The van der Waals surface area contributed by atoms with Gasteiger partial charge in [-0.1, -0.05) is 0 Å². The highest BCUT2D eigenvalue weighted by Crippen LogP contribution is 2.49. The number of rotatable bonds is 5. The van der Waals surface area contributed by atoms with E-state index in [0.717, 1.165) is 0 Å². The van der Waals surface area contributed by atoms with Gasteiger partial charge in [0.2, 0.25) is 11.8 Å². The Bertz CT molecular complexity index is 535. The lowest BCUT2D eigenvalue weighted by Gasteiger charge is -2.30. The van der Waals surface area contributed by atoms with Crippen LogP contribution < -0.4 is 0 Å². The Labute approximate surface area is 126 Å². The standard InChI is InChI=1S/C14H24N2O4S/c1-4-16(5-2)13(18)14(7-8-14)12(17)15(3)11-6-9-21(19,20)10-11/h11H,4-10H2,1-3H3. The summed E-state index contributed by atoms with van der Waals surface area (Å²) in [7, 11) is -1.41. The number of hydrogen-bond donors (Lipinski definition) is 0. The first-order valence-electron chi connectivity index (χ1n) is 7.54. The van der Waals surface area contributed by atoms with Crippen LogP contribution in [0.3, 0.4) is 0 Å². The van der Waals surface area contributed by atoms with Gasteiger partial charge in [0.25, 0.3) is 0 Å². The third-order valence-corrected chi connectivity index (χ3v) is 6.45. The van der Waals surface area contributed by atoms with Gasteiger partial charge >= 0.3 is 0 Å². The van der Waals surface area contributed by atoms with Crippen molar-refractivity contribution in [2.45, 2.75) is 39.2 Å². The number of carbonyl (C=O) groups excluding carboxylic acids is 2. The molecule has 1 saturated carbocycles. The molecule has 1 heterocycles. The Balaban J connectivity index is 2.11. The zero-order valence-corrected chi connectivity index (χ0v) is 13.8. The molecule has 6 nitrogen and oxygen atoms in total. The quantitative estimate of drug-likeness (QED) is 0.683. The van der Waals surface area contributed by atoms with Gasteiger partial charge in [0.05, 0.1) is 11.5 Å². The fourth-order valence-corrected chi connectivity index (χ4v) is 4.82. The highest BCUT2D eigenvalue weighted by molar-refractivity contribution is 7.91. The van der Waals surface area contributed by atoms with Gasteiger partial charge in [-0.25, -0.2) is 8.42 Å². The molecule has 21 heavy (non-hydrogen) atoms. The zero-order chi connectivity index (χ0) is 15.8. The molecule has 0 radical (unpaired) electrons. The Hall–Kier alpha value is -1.11. The summed E-state index contributed by atoms with van der Waals surface area (Å²) in [6.45, 7) is 4.97. The van der Waals surface area contributed by atoms with Crippen LogP contribution in [0, 0.1) is 5.41 Å². The highest BCUT2D eigenvalue weighted by Gasteiger charge is 2.59. The van der Waals surface area contributed by atoms with Crippen LogP contribution >= 0.6 is 0 Å². The summed E-state index contributed by atoms with van der Waals surface area (Å²) in [4.78, 5) is 28.4. The van der Waals surface area contributed by atoms with Gasteiger partial charge in [0.15, 0.2) is 9.84 Å². The van der Waals surface area contributed by atoms with E-state index in [9.17, 15) is 18.0 Å². The Morgan fingerprint density at radius 3 is 2.10 bits per heavy atom. The largest absolute Gasteiger partial charge is 0.342 e. The summed E-state index contributed by atoms with van der Waals surface area (Å²) < 4.78 is 23.1. The summed E-state index contributed by atoms with van der Waals surface area (Å²) in [5.41, 5.74) is -0.923. The van der Waals surface area contributed by atoms with E-state index in [-0.39, 0.29) is 29.4 Å². The zero-order valence-electron chi connectivity index (χ0n) is 13.0. The van der Waals surface area contributed by atoms with Crippen molar-refractivity contribution in [1.82, 2.24) is 9.80 Å². The lowest BCUT2D eigenvalue weighted by molar-refractivity contribution is -0.149. The lowest BCUT2D eigenvalue weighted by Crippen LogP contribution is -2.49. The fourth-order valence-electron chi connectivity index (χ4n) is 3.04. The number of nitrogens with zero attached hydrogens (tertiary/aromatic N) is 2. The maximum absolute atomic E-state index is 12.7. The average Bonchev–Trinajstić information content (AvgIpc) is 3.17. The summed E-state index contributed by atoms with van der Waals surface area (Å²) in [5, 5.41) is 0. The summed E-state index contributed by atoms with van der Waals surface area (Å²) in [6, 6.07) is -0.288. The van der Waals surface area contributed by atoms with E-state index in [2.05, 4.69) is 0 Å². The molecule has 2 fully saturated rings. The Morgan fingerprint density at radius 1 is 1.14 bits per heavy atom. The van der Waals surface area contributed by atoms with Gasteiger partial charge in [0.1, 0.15) is 5.41 Å². The molecule has 7 heteroatoms. The molecule has 1 saturated heterocycles. The van der Waals surface area contributed by atoms with Crippen molar-refractivity contribution < 1.29 is 18.0 Å². The van der Waals surface area contributed by atoms with Crippen LogP contribution in [0.2, 0.25) is 0 Å². The molecule has 2 rings (SSSR count). The third kappa shape index (κ3) is 2.93. The van der Waals surface area contributed by atoms with E-state index < -0.39 is 15.3 Å². The van der Waals surface area contributed by atoms with E-state index >= 15 is 0 Å². The van der Waals surface area contributed by atoms with Crippen LogP contribution in [0.25, 0.3) is 0 Å². The topological polar surface area (TPSA) is 74.8 Å². The second kappa shape index (κ2) is 5.59. The molecule has 1 aliphatic carbocycles. The molecule has 1 aliphatic heterocycles. The summed E-state index contributed by atoms with van der Waals surface area (Å²) in [5.74, 6) is -0.163. The predicted octanol–water partition coefficient (Wildman–Crippen LogP) is 0.281. The molecule has 0 bridgehead atoms. The van der Waals surface area contributed by atoms with Crippen LogP contribution in [0.1, 0.15) is 33.1 Å². The third-order valence-electron chi connectivity index (χ3n) is 4.70. The molecule has 0 N–H and O–H groups in total. The number of amides is 2. The monoisotopic (exact) mass is 316 g/mol. The van der Waals surface area contributed by atoms with Crippen molar-refractivity contribution in [3.8, 4) is 0 Å². The first kappa shape index (κ1) is 16.3. The minimum Gasteiger partial charge on any atom is -0.342 e. The molecule has 1 atom stereocenters. The molecule has 2 amide bonds. The van der Waals surface area contributed by atoms with E-state index in [1.165, 1.54) is 4.90 Å². The van der Waals surface area contributed by atoms with Crippen molar-refractivity contribution >= 4 is 21.7 Å². The second-order valence-corrected chi connectivity index (χ2v) is 8.26. The molecule has 0 aromatic rings. The summed E-state index contributed by atoms with van der Waals surface area (Å²) >= 11 is 0. The minimum atomic E-state index is -3.03. The normalized spacial score (nSPS) is 25.4. The number of hydrogen-bond acceptors (Lipinski definition) is 4. The highest BCUT2D eigenvalue weighted by atomic mass is 32.2. The van der Waals surface area contributed by atoms with E-state index in [1.54, 1.807) is 11.9 Å². The minimum absolute atomic E-state index is 0.0186. The molecule has 1 unspecified atom stereocenters. The molecule has 2 aliphatic rings. The molecule has 0 spiro atoms.